The monoisotopic (exact) mass is 513 g/mol. The van der Waals surface area contributed by atoms with Crippen LogP contribution in [0.25, 0.3) is 32.7 Å². The maximum absolute atomic E-state index is 4.40. The largest absolute Gasteiger partial charge is 0.256 e. The van der Waals surface area contributed by atoms with Crippen molar-refractivity contribution in [3.05, 3.63) is 126 Å². The van der Waals surface area contributed by atoms with Gasteiger partial charge in [-0.3, -0.25) is 15.0 Å². The molecule has 6 rings (SSSR count). The van der Waals surface area contributed by atoms with Crippen LogP contribution in [0.4, 0.5) is 0 Å². The lowest BCUT2D eigenvalue weighted by atomic mass is 9.98. The van der Waals surface area contributed by atoms with E-state index < -0.39 is 0 Å². The van der Waals surface area contributed by atoms with Crippen molar-refractivity contribution >= 4 is 32.7 Å². The summed E-state index contributed by atoms with van der Waals surface area (Å²) in [6.45, 7) is 13.2. The number of hydrogen-bond donors (Lipinski definition) is 0. The second kappa shape index (κ2) is 13.1. The maximum atomic E-state index is 4.40. The van der Waals surface area contributed by atoms with Crippen molar-refractivity contribution in [3.8, 4) is 0 Å². The summed E-state index contributed by atoms with van der Waals surface area (Å²) < 4.78 is 0. The predicted octanol–water partition coefficient (Wildman–Crippen LogP) is 10.1. The molecule has 0 aliphatic heterocycles. The summed E-state index contributed by atoms with van der Waals surface area (Å²) in [4.78, 5) is 13.1. The maximum Gasteiger partial charge on any atom is 0.0736 e. The second-order valence-corrected chi connectivity index (χ2v) is 10.7. The molecule has 3 aromatic carbocycles. The fourth-order valence-electron chi connectivity index (χ4n) is 4.85. The Morgan fingerprint density at radius 3 is 1.62 bits per heavy atom. The van der Waals surface area contributed by atoms with Crippen LogP contribution in [0.15, 0.2) is 110 Å². The highest BCUT2D eigenvalue weighted by molar-refractivity contribution is 5.83. The van der Waals surface area contributed by atoms with Crippen LogP contribution in [0.2, 0.25) is 0 Å². The Morgan fingerprint density at radius 2 is 0.897 bits per heavy atom. The summed E-state index contributed by atoms with van der Waals surface area (Å²) in [5, 5.41) is 3.79. The molecular weight excluding hydrogens is 474 g/mol. The highest BCUT2D eigenvalue weighted by atomic mass is 14.7. The van der Waals surface area contributed by atoms with Crippen LogP contribution in [0.5, 0.6) is 0 Å². The molecule has 0 radical (unpaired) electrons. The van der Waals surface area contributed by atoms with E-state index in [1.165, 1.54) is 32.8 Å². The van der Waals surface area contributed by atoms with E-state index in [4.69, 9.17) is 0 Å². The third-order valence-electron chi connectivity index (χ3n) is 6.89. The topological polar surface area (TPSA) is 38.7 Å². The number of pyridine rings is 3. The van der Waals surface area contributed by atoms with Gasteiger partial charge in [-0.1, -0.05) is 102 Å². The number of hydrogen-bond acceptors (Lipinski definition) is 3. The van der Waals surface area contributed by atoms with Crippen LogP contribution in [-0.4, -0.2) is 15.0 Å². The Hall–Kier alpha value is -4.11. The summed E-state index contributed by atoms with van der Waals surface area (Å²) in [6.07, 6.45) is 5.58. The van der Waals surface area contributed by atoms with Gasteiger partial charge < -0.3 is 0 Å². The van der Waals surface area contributed by atoms with E-state index in [0.29, 0.717) is 17.8 Å². The third kappa shape index (κ3) is 6.86. The molecule has 3 heterocycles. The Labute approximate surface area is 233 Å². The highest BCUT2D eigenvalue weighted by Crippen LogP contribution is 2.25. The Balaban J connectivity index is 0.000000136. The molecule has 0 spiro atoms. The molecule has 6 aromatic rings. The van der Waals surface area contributed by atoms with Crippen molar-refractivity contribution in [2.24, 2.45) is 0 Å². The van der Waals surface area contributed by atoms with Gasteiger partial charge in [0.15, 0.2) is 0 Å². The fraction of sp³-hybridized carbons (Fsp3) is 0.250. The standard InChI is InChI=1S/3C12H13N/c1-9(2)10-5-3-7-12-11(10)6-4-8-13-12;1-9(2)11-7-3-5-10-6-4-8-13-12(10)11;1-9(2)10-7-8-13-12-6-4-3-5-11(10)12/h3*3-9H,1-2H3. The average Bonchev–Trinajstić information content (AvgIpc) is 2.96. The minimum absolute atomic E-state index is 0.540. The smallest absolute Gasteiger partial charge is 0.0736 e. The van der Waals surface area contributed by atoms with E-state index >= 15 is 0 Å². The lowest BCUT2D eigenvalue weighted by molar-refractivity contribution is 0.873. The first-order valence-corrected chi connectivity index (χ1v) is 13.9. The molecule has 0 atom stereocenters. The predicted molar refractivity (Wildman–Crippen MR) is 167 cm³/mol. The molecule has 0 saturated carbocycles. The minimum atomic E-state index is 0.540. The zero-order valence-electron chi connectivity index (χ0n) is 24.0. The summed E-state index contributed by atoms with van der Waals surface area (Å²) in [6, 6.07) is 31.3. The van der Waals surface area contributed by atoms with E-state index in [-0.39, 0.29) is 0 Å². The Bertz CT molecular complexity index is 1440. The van der Waals surface area contributed by atoms with E-state index in [0.717, 1.165) is 16.6 Å². The van der Waals surface area contributed by atoms with Gasteiger partial charge in [0.1, 0.15) is 0 Å². The zero-order chi connectivity index (χ0) is 27.8. The molecule has 198 valence electrons. The van der Waals surface area contributed by atoms with Crippen LogP contribution < -0.4 is 0 Å². The van der Waals surface area contributed by atoms with Gasteiger partial charge in [-0.15, -0.1) is 0 Å². The molecule has 0 saturated heterocycles. The first-order chi connectivity index (χ1) is 18.9. The number of para-hydroxylation sites is 2. The molecule has 0 aliphatic carbocycles. The fourth-order valence-corrected chi connectivity index (χ4v) is 4.85. The zero-order valence-corrected chi connectivity index (χ0v) is 24.0. The number of fused-ring (bicyclic) bond motifs is 3. The molecule has 3 aromatic heterocycles. The van der Waals surface area contributed by atoms with E-state index in [9.17, 15) is 0 Å². The Kier molecular flexibility index (Phi) is 9.38. The molecule has 0 aliphatic rings. The van der Waals surface area contributed by atoms with Crippen molar-refractivity contribution in [2.75, 3.05) is 0 Å². The molecule has 0 bridgehead atoms. The summed E-state index contributed by atoms with van der Waals surface area (Å²) in [5.74, 6) is 1.67. The molecule has 39 heavy (non-hydrogen) atoms. The van der Waals surface area contributed by atoms with Gasteiger partial charge >= 0.3 is 0 Å². The molecule has 0 amide bonds. The minimum Gasteiger partial charge on any atom is -0.256 e. The number of nitrogens with zero attached hydrogens (tertiary/aromatic N) is 3. The van der Waals surface area contributed by atoms with Crippen LogP contribution >= 0.6 is 0 Å². The molecule has 3 heteroatoms. The van der Waals surface area contributed by atoms with Crippen molar-refractivity contribution in [1.29, 1.82) is 0 Å². The van der Waals surface area contributed by atoms with Crippen molar-refractivity contribution in [1.82, 2.24) is 15.0 Å². The Morgan fingerprint density at radius 1 is 0.410 bits per heavy atom. The van der Waals surface area contributed by atoms with Crippen molar-refractivity contribution < 1.29 is 0 Å². The van der Waals surface area contributed by atoms with Gasteiger partial charge in [-0.2, -0.15) is 0 Å². The second-order valence-electron chi connectivity index (χ2n) is 10.7. The number of aromatic nitrogens is 3. The van der Waals surface area contributed by atoms with Crippen LogP contribution in [0.3, 0.4) is 0 Å². The first kappa shape index (κ1) is 27.9. The van der Waals surface area contributed by atoms with E-state index in [1.807, 2.05) is 36.8 Å². The average molecular weight is 514 g/mol. The van der Waals surface area contributed by atoms with E-state index in [1.54, 1.807) is 0 Å². The molecule has 3 nitrogen and oxygen atoms in total. The lowest BCUT2D eigenvalue weighted by Crippen LogP contribution is -1.90. The summed E-state index contributed by atoms with van der Waals surface area (Å²) in [7, 11) is 0. The summed E-state index contributed by atoms with van der Waals surface area (Å²) >= 11 is 0. The van der Waals surface area contributed by atoms with Gasteiger partial charge in [-0.05, 0) is 64.8 Å². The van der Waals surface area contributed by atoms with Crippen molar-refractivity contribution in [2.45, 2.75) is 59.3 Å². The van der Waals surface area contributed by atoms with Gasteiger partial charge in [0.05, 0.1) is 16.6 Å². The van der Waals surface area contributed by atoms with Gasteiger partial charge in [-0.25, -0.2) is 0 Å². The van der Waals surface area contributed by atoms with E-state index in [2.05, 4.69) is 129 Å². The third-order valence-corrected chi connectivity index (χ3v) is 6.89. The lowest BCUT2D eigenvalue weighted by Gasteiger charge is -2.08. The first-order valence-electron chi connectivity index (χ1n) is 13.9. The van der Waals surface area contributed by atoms with Crippen LogP contribution in [0, 0.1) is 0 Å². The number of rotatable bonds is 3. The highest BCUT2D eigenvalue weighted by Gasteiger charge is 2.05. The van der Waals surface area contributed by atoms with Gasteiger partial charge in [0, 0.05) is 34.7 Å². The van der Waals surface area contributed by atoms with Crippen LogP contribution in [0.1, 0.15) is 76.0 Å². The SMILES string of the molecule is CC(C)c1cccc2cccnc12.CC(C)c1cccc2ncccc12.CC(C)c1ccnc2ccccc12. The van der Waals surface area contributed by atoms with Crippen molar-refractivity contribution in [3.63, 3.8) is 0 Å². The summed E-state index contributed by atoms with van der Waals surface area (Å²) in [5.41, 5.74) is 7.41. The van der Waals surface area contributed by atoms with Gasteiger partial charge in [0.25, 0.3) is 0 Å². The molecular formula is C36H39N3. The molecule has 0 N–H and O–H groups in total. The quantitative estimate of drug-likeness (QED) is 0.236. The van der Waals surface area contributed by atoms with Crippen LogP contribution in [-0.2, 0) is 0 Å². The number of benzene rings is 3. The molecule has 0 fully saturated rings. The molecule has 0 unspecified atom stereocenters. The van der Waals surface area contributed by atoms with Gasteiger partial charge in [0.2, 0.25) is 0 Å². The normalized spacial score (nSPS) is 11.0.